The van der Waals surface area contributed by atoms with E-state index < -0.39 is 16.1 Å². The van der Waals surface area contributed by atoms with Crippen molar-refractivity contribution >= 4 is 16.5 Å². The standard InChI is InChI=1S/C19H28N4O3S.CH2O2/c1-14-8-15(2)23(20-14)18-7-5-6-16(9-18)10-22-11-17(19(24)12-22)13-27(25,26)21(3)4;2-1-3/h5-9,17,19,24H,10-13H2,1-4H3;1H,(H,2,3)/t17-,19+;/m0./s1. The molecule has 0 aliphatic carbocycles. The third-order valence-corrected chi connectivity index (χ3v) is 7.00. The van der Waals surface area contributed by atoms with Gasteiger partial charge in [-0.05, 0) is 37.6 Å². The molecule has 0 bridgehead atoms. The van der Waals surface area contributed by atoms with E-state index in [-0.39, 0.29) is 18.1 Å². The van der Waals surface area contributed by atoms with Crippen molar-refractivity contribution in [3.63, 3.8) is 0 Å². The average Bonchev–Trinajstić information content (AvgIpc) is 3.16. The van der Waals surface area contributed by atoms with E-state index in [0.29, 0.717) is 19.6 Å². The second kappa shape index (κ2) is 10.2. The predicted molar refractivity (Wildman–Crippen MR) is 114 cm³/mol. The molecule has 0 amide bonds. The van der Waals surface area contributed by atoms with Crippen molar-refractivity contribution in [3.8, 4) is 5.69 Å². The predicted octanol–water partition coefficient (Wildman–Crippen LogP) is 0.874. The fraction of sp³-hybridized carbons (Fsp3) is 0.500. The Labute approximate surface area is 177 Å². The molecular weight excluding hydrogens is 408 g/mol. The van der Waals surface area contributed by atoms with Crippen molar-refractivity contribution < 1.29 is 23.4 Å². The summed E-state index contributed by atoms with van der Waals surface area (Å²) in [5.41, 5.74) is 4.17. The number of likely N-dealkylation sites (tertiary alicyclic amines) is 1. The number of hydrogen-bond acceptors (Lipinski definition) is 6. The second-order valence-corrected chi connectivity index (χ2v) is 9.92. The first-order valence-electron chi connectivity index (χ1n) is 9.58. The molecule has 30 heavy (non-hydrogen) atoms. The molecule has 0 spiro atoms. The van der Waals surface area contributed by atoms with Gasteiger partial charge >= 0.3 is 0 Å². The van der Waals surface area contributed by atoms with Crippen molar-refractivity contribution in [2.75, 3.05) is 32.9 Å². The Kier molecular flexibility index (Phi) is 8.13. The summed E-state index contributed by atoms with van der Waals surface area (Å²) in [6.45, 7) is 5.47. The number of benzene rings is 1. The van der Waals surface area contributed by atoms with Crippen LogP contribution < -0.4 is 0 Å². The first-order chi connectivity index (χ1) is 14.1. The number of aryl methyl sites for hydroxylation is 2. The maximum atomic E-state index is 12.1. The van der Waals surface area contributed by atoms with Crippen molar-refractivity contribution in [2.45, 2.75) is 26.5 Å². The summed E-state index contributed by atoms with van der Waals surface area (Å²) in [5.74, 6) is -0.291. The van der Waals surface area contributed by atoms with Gasteiger partial charge in [0.15, 0.2) is 0 Å². The van der Waals surface area contributed by atoms with Crippen LogP contribution in [0.2, 0.25) is 0 Å². The highest BCUT2D eigenvalue weighted by atomic mass is 32.2. The highest BCUT2D eigenvalue weighted by molar-refractivity contribution is 7.89. The summed E-state index contributed by atoms with van der Waals surface area (Å²) < 4.78 is 27.4. The number of carboxylic acid groups (broad SMARTS) is 1. The largest absolute Gasteiger partial charge is 0.483 e. The van der Waals surface area contributed by atoms with Gasteiger partial charge in [-0.1, -0.05) is 12.1 Å². The van der Waals surface area contributed by atoms with Crippen LogP contribution in [0.5, 0.6) is 0 Å². The first-order valence-corrected chi connectivity index (χ1v) is 11.2. The lowest BCUT2D eigenvalue weighted by molar-refractivity contribution is -0.122. The molecule has 2 heterocycles. The van der Waals surface area contributed by atoms with Crippen molar-refractivity contribution in [2.24, 2.45) is 5.92 Å². The van der Waals surface area contributed by atoms with Crippen LogP contribution in [0.1, 0.15) is 17.0 Å². The van der Waals surface area contributed by atoms with Crippen LogP contribution in [0, 0.1) is 19.8 Å². The average molecular weight is 439 g/mol. The minimum atomic E-state index is -3.32. The topological polar surface area (TPSA) is 116 Å². The summed E-state index contributed by atoms with van der Waals surface area (Å²) in [4.78, 5) is 10.5. The highest BCUT2D eigenvalue weighted by Crippen LogP contribution is 2.23. The van der Waals surface area contributed by atoms with Crippen LogP contribution in [-0.2, 0) is 21.4 Å². The molecule has 2 N–H and O–H groups in total. The maximum Gasteiger partial charge on any atom is 0.290 e. The fourth-order valence-electron chi connectivity index (χ4n) is 3.59. The van der Waals surface area contributed by atoms with Gasteiger partial charge in [0.1, 0.15) is 0 Å². The van der Waals surface area contributed by atoms with Gasteiger partial charge in [-0.3, -0.25) is 9.69 Å². The van der Waals surface area contributed by atoms with E-state index in [1.54, 1.807) is 0 Å². The van der Waals surface area contributed by atoms with Gasteiger partial charge in [-0.15, -0.1) is 0 Å². The number of aliphatic hydroxyl groups is 1. The number of β-amino-alcohol motifs (C(OH)–C–C–N with tert-alkyl or cyclic N) is 1. The van der Waals surface area contributed by atoms with E-state index in [1.165, 1.54) is 18.4 Å². The maximum absolute atomic E-state index is 12.1. The molecule has 1 aromatic carbocycles. The second-order valence-electron chi connectivity index (χ2n) is 7.70. The molecule has 1 fully saturated rings. The van der Waals surface area contributed by atoms with Gasteiger partial charge in [-0.25, -0.2) is 17.4 Å². The lowest BCUT2D eigenvalue weighted by Gasteiger charge is -2.18. The molecule has 166 valence electrons. The molecular formula is C20H30N4O5S. The van der Waals surface area contributed by atoms with Gasteiger partial charge < -0.3 is 10.2 Å². The summed E-state index contributed by atoms with van der Waals surface area (Å²) in [6.07, 6.45) is -0.626. The molecule has 1 saturated heterocycles. The monoisotopic (exact) mass is 438 g/mol. The zero-order chi connectivity index (χ0) is 22.5. The fourth-order valence-corrected chi connectivity index (χ4v) is 4.76. The molecule has 9 nitrogen and oxygen atoms in total. The van der Waals surface area contributed by atoms with Crippen LogP contribution in [0.3, 0.4) is 0 Å². The molecule has 3 rings (SSSR count). The van der Waals surface area contributed by atoms with Gasteiger partial charge in [0.2, 0.25) is 10.0 Å². The third-order valence-electron chi connectivity index (χ3n) is 5.03. The highest BCUT2D eigenvalue weighted by Gasteiger charge is 2.35. The molecule has 2 atom stereocenters. The number of carbonyl (C=O) groups is 1. The Morgan fingerprint density at radius 1 is 1.23 bits per heavy atom. The lowest BCUT2D eigenvalue weighted by atomic mass is 10.1. The minimum Gasteiger partial charge on any atom is -0.483 e. The number of nitrogens with zero attached hydrogens (tertiary/aromatic N) is 4. The SMILES string of the molecule is Cc1cc(C)n(-c2cccc(CN3C[C@@H](CS(=O)(=O)N(C)C)[C@H](O)C3)c2)n1.O=CO. The molecule has 1 aliphatic heterocycles. The third kappa shape index (κ3) is 6.11. The number of aliphatic hydroxyl groups excluding tert-OH is 1. The van der Waals surface area contributed by atoms with E-state index in [9.17, 15) is 13.5 Å². The Morgan fingerprint density at radius 2 is 1.90 bits per heavy atom. The van der Waals surface area contributed by atoms with Crippen molar-refractivity contribution in [1.29, 1.82) is 0 Å². The quantitative estimate of drug-likeness (QED) is 0.643. The molecule has 10 heteroatoms. The van der Waals surface area contributed by atoms with E-state index in [0.717, 1.165) is 22.6 Å². The number of rotatable bonds is 6. The van der Waals surface area contributed by atoms with E-state index in [1.807, 2.05) is 42.8 Å². The summed E-state index contributed by atoms with van der Waals surface area (Å²) in [7, 11) is -0.268. The molecule has 0 saturated carbocycles. The molecule has 0 radical (unpaired) electrons. The number of hydrogen-bond donors (Lipinski definition) is 2. The van der Waals surface area contributed by atoms with E-state index in [4.69, 9.17) is 9.90 Å². The van der Waals surface area contributed by atoms with Crippen LogP contribution >= 0.6 is 0 Å². The number of sulfonamides is 1. The Balaban J connectivity index is 0.00000101. The van der Waals surface area contributed by atoms with Crippen molar-refractivity contribution in [3.05, 3.63) is 47.3 Å². The van der Waals surface area contributed by atoms with Crippen LogP contribution in [-0.4, -0.2) is 83.1 Å². The van der Waals surface area contributed by atoms with Crippen LogP contribution in [0.15, 0.2) is 30.3 Å². The summed E-state index contributed by atoms with van der Waals surface area (Å²) in [5, 5.41) is 21.7. The van der Waals surface area contributed by atoms with Gasteiger partial charge in [0.25, 0.3) is 6.47 Å². The Morgan fingerprint density at radius 3 is 2.47 bits per heavy atom. The first kappa shape index (κ1) is 24.0. The zero-order valence-electron chi connectivity index (χ0n) is 17.8. The van der Waals surface area contributed by atoms with Crippen LogP contribution in [0.25, 0.3) is 5.69 Å². The number of aromatic nitrogens is 2. The summed E-state index contributed by atoms with van der Waals surface area (Å²) >= 11 is 0. The minimum absolute atomic E-state index is 0.0243. The molecule has 1 aliphatic rings. The smallest absolute Gasteiger partial charge is 0.290 e. The Bertz CT molecular complexity index is 958. The van der Waals surface area contributed by atoms with Crippen LogP contribution in [0.4, 0.5) is 0 Å². The lowest BCUT2D eigenvalue weighted by Crippen LogP contribution is -2.33. The summed E-state index contributed by atoms with van der Waals surface area (Å²) in [6, 6.07) is 10.2. The van der Waals surface area contributed by atoms with Gasteiger partial charge in [-0.2, -0.15) is 5.10 Å². The molecule has 0 unspecified atom stereocenters. The zero-order valence-corrected chi connectivity index (χ0v) is 18.6. The Hall–Kier alpha value is -2.27. The van der Waals surface area contributed by atoms with Gasteiger partial charge in [0, 0.05) is 45.3 Å². The molecule has 1 aromatic heterocycles. The van der Waals surface area contributed by atoms with E-state index >= 15 is 0 Å². The molecule has 2 aromatic rings. The normalized spacial score (nSPS) is 19.5. The van der Waals surface area contributed by atoms with Crippen molar-refractivity contribution in [1.82, 2.24) is 19.0 Å². The van der Waals surface area contributed by atoms with Gasteiger partial charge in [0.05, 0.1) is 23.2 Å². The van der Waals surface area contributed by atoms with E-state index in [2.05, 4.69) is 16.1 Å².